The summed E-state index contributed by atoms with van der Waals surface area (Å²) in [5.74, 6) is 0.171. The fourth-order valence-corrected chi connectivity index (χ4v) is 5.28. The maximum Gasteiger partial charge on any atom is 0.416 e. The fraction of sp³-hybridized carbons (Fsp3) is 0.471. The van der Waals surface area contributed by atoms with Crippen molar-refractivity contribution in [2.45, 2.75) is 56.8 Å². The highest BCUT2D eigenvalue weighted by Gasteiger charge is 2.44. The standard InChI is InChI=1S/C17H19F3N2O3S/c1-10-16(12(3)25-21-10)26(23,24)22(15-7-8-15)11(2)13-5-4-6-14(9-13)17(18,19)20/h4-6,9,11,15H,7-8H2,1-3H3/t11-/m1/s1. The van der Waals surface area contributed by atoms with Crippen LogP contribution in [0.4, 0.5) is 13.2 Å². The second-order valence-electron chi connectivity index (χ2n) is 6.52. The van der Waals surface area contributed by atoms with Crippen LogP contribution in [0.1, 0.15) is 48.4 Å². The molecule has 1 saturated carbocycles. The summed E-state index contributed by atoms with van der Waals surface area (Å²) in [5.41, 5.74) is -0.265. The van der Waals surface area contributed by atoms with E-state index in [1.54, 1.807) is 6.92 Å². The molecular weight excluding hydrogens is 369 g/mol. The van der Waals surface area contributed by atoms with Crippen LogP contribution >= 0.6 is 0 Å². The molecule has 1 atom stereocenters. The van der Waals surface area contributed by atoms with Crippen molar-refractivity contribution in [1.82, 2.24) is 9.46 Å². The Kier molecular flexibility index (Phi) is 4.64. The van der Waals surface area contributed by atoms with Gasteiger partial charge in [0.25, 0.3) is 0 Å². The zero-order chi connectivity index (χ0) is 19.3. The molecule has 142 valence electrons. The van der Waals surface area contributed by atoms with Gasteiger partial charge in [-0.05, 0) is 51.3 Å². The fourth-order valence-electron chi connectivity index (χ4n) is 3.12. The van der Waals surface area contributed by atoms with Gasteiger partial charge in [0.05, 0.1) is 5.56 Å². The van der Waals surface area contributed by atoms with Crippen LogP contribution in [0.2, 0.25) is 0 Å². The minimum absolute atomic E-state index is 0.0109. The lowest BCUT2D eigenvalue weighted by Crippen LogP contribution is -2.36. The molecule has 9 heteroatoms. The summed E-state index contributed by atoms with van der Waals surface area (Å²) in [6.07, 6.45) is -3.14. The first-order chi connectivity index (χ1) is 12.0. The molecule has 0 radical (unpaired) electrons. The summed E-state index contributed by atoms with van der Waals surface area (Å²) in [6.45, 7) is 4.64. The van der Waals surface area contributed by atoms with Crippen molar-refractivity contribution >= 4 is 10.0 Å². The number of benzene rings is 1. The summed E-state index contributed by atoms with van der Waals surface area (Å²) in [6, 6.07) is 3.80. The molecule has 1 aromatic carbocycles. The van der Waals surface area contributed by atoms with E-state index in [-0.39, 0.29) is 22.4 Å². The third-order valence-corrected chi connectivity index (χ3v) is 6.76. The highest BCUT2D eigenvalue weighted by Crippen LogP contribution is 2.41. The monoisotopic (exact) mass is 388 g/mol. The van der Waals surface area contributed by atoms with E-state index in [4.69, 9.17) is 4.52 Å². The van der Waals surface area contributed by atoms with E-state index in [0.29, 0.717) is 18.4 Å². The molecule has 1 fully saturated rings. The van der Waals surface area contributed by atoms with Crippen LogP contribution in [0.5, 0.6) is 0 Å². The van der Waals surface area contributed by atoms with Gasteiger partial charge in [-0.3, -0.25) is 0 Å². The zero-order valence-corrected chi connectivity index (χ0v) is 15.4. The molecule has 0 aliphatic heterocycles. The molecule has 1 aliphatic carbocycles. The van der Waals surface area contributed by atoms with E-state index in [0.717, 1.165) is 12.1 Å². The number of nitrogens with zero attached hydrogens (tertiary/aromatic N) is 2. The van der Waals surface area contributed by atoms with Gasteiger partial charge in [-0.1, -0.05) is 17.3 Å². The third kappa shape index (κ3) is 3.37. The quantitative estimate of drug-likeness (QED) is 0.769. The van der Waals surface area contributed by atoms with Gasteiger partial charge in [-0.25, -0.2) is 8.42 Å². The summed E-state index contributed by atoms with van der Waals surface area (Å²) in [5, 5.41) is 3.69. The number of sulfonamides is 1. The Labute approximate surface area is 149 Å². The van der Waals surface area contributed by atoms with E-state index in [1.807, 2.05) is 0 Å². The second-order valence-corrected chi connectivity index (χ2v) is 8.30. The Morgan fingerprint density at radius 2 is 1.92 bits per heavy atom. The molecule has 0 bridgehead atoms. The van der Waals surface area contributed by atoms with Gasteiger partial charge in [0.1, 0.15) is 10.6 Å². The first kappa shape index (κ1) is 18.9. The van der Waals surface area contributed by atoms with Gasteiger partial charge in [0.2, 0.25) is 10.0 Å². The maximum absolute atomic E-state index is 13.2. The number of hydrogen-bond donors (Lipinski definition) is 0. The Morgan fingerprint density at radius 1 is 1.27 bits per heavy atom. The van der Waals surface area contributed by atoms with E-state index in [1.165, 1.54) is 30.3 Å². The number of aromatic nitrogens is 1. The highest BCUT2D eigenvalue weighted by molar-refractivity contribution is 7.89. The van der Waals surface area contributed by atoms with Gasteiger partial charge in [-0.15, -0.1) is 0 Å². The summed E-state index contributed by atoms with van der Waals surface area (Å²) in [4.78, 5) is -0.0109. The number of alkyl halides is 3. The van der Waals surface area contributed by atoms with Gasteiger partial charge < -0.3 is 4.52 Å². The molecule has 3 rings (SSSR count). The topological polar surface area (TPSA) is 63.4 Å². The molecule has 0 amide bonds. The van der Waals surface area contributed by atoms with Crippen LogP contribution in [-0.2, 0) is 16.2 Å². The molecular formula is C17H19F3N2O3S. The van der Waals surface area contributed by atoms with Crippen molar-refractivity contribution in [2.24, 2.45) is 0 Å². The SMILES string of the molecule is Cc1noc(C)c1S(=O)(=O)N(C1CC1)[C@H](C)c1cccc(C(F)(F)F)c1. The minimum atomic E-state index is -4.49. The molecule has 2 aromatic rings. The average Bonchev–Trinajstić information content (AvgIpc) is 3.30. The Morgan fingerprint density at radius 3 is 2.42 bits per heavy atom. The number of rotatable bonds is 5. The summed E-state index contributed by atoms with van der Waals surface area (Å²) >= 11 is 0. The molecule has 0 saturated heterocycles. The van der Waals surface area contributed by atoms with E-state index < -0.39 is 27.8 Å². The first-order valence-corrected chi connectivity index (χ1v) is 9.61. The van der Waals surface area contributed by atoms with Crippen molar-refractivity contribution < 1.29 is 26.1 Å². The smallest absolute Gasteiger partial charge is 0.360 e. The van der Waals surface area contributed by atoms with Crippen LogP contribution in [0.25, 0.3) is 0 Å². The van der Waals surface area contributed by atoms with Crippen LogP contribution in [0.15, 0.2) is 33.7 Å². The lowest BCUT2D eigenvalue weighted by Gasteiger charge is -2.29. The van der Waals surface area contributed by atoms with Crippen molar-refractivity contribution in [3.05, 3.63) is 46.8 Å². The van der Waals surface area contributed by atoms with Crippen molar-refractivity contribution in [3.63, 3.8) is 0 Å². The molecule has 1 aromatic heterocycles. The predicted molar refractivity (Wildman–Crippen MR) is 87.9 cm³/mol. The zero-order valence-electron chi connectivity index (χ0n) is 14.5. The first-order valence-electron chi connectivity index (χ1n) is 8.17. The minimum Gasteiger partial charge on any atom is -0.360 e. The third-order valence-electron chi connectivity index (χ3n) is 4.49. The Balaban J connectivity index is 2.04. The Hall–Kier alpha value is -1.87. The van der Waals surface area contributed by atoms with Crippen LogP contribution in [-0.4, -0.2) is 23.9 Å². The van der Waals surface area contributed by atoms with Crippen molar-refractivity contribution in [2.75, 3.05) is 0 Å². The number of halogens is 3. The largest absolute Gasteiger partial charge is 0.416 e. The maximum atomic E-state index is 13.2. The van der Waals surface area contributed by atoms with Crippen molar-refractivity contribution in [1.29, 1.82) is 0 Å². The number of hydrogen-bond acceptors (Lipinski definition) is 4. The van der Waals surface area contributed by atoms with Crippen LogP contribution in [0.3, 0.4) is 0 Å². The summed E-state index contributed by atoms with van der Waals surface area (Å²) < 4.78 is 71.7. The average molecular weight is 388 g/mol. The normalized spacial score (nSPS) is 16.9. The molecule has 5 nitrogen and oxygen atoms in total. The van der Waals surface area contributed by atoms with Crippen molar-refractivity contribution in [3.8, 4) is 0 Å². The molecule has 1 heterocycles. The molecule has 0 spiro atoms. The lowest BCUT2D eigenvalue weighted by atomic mass is 10.0. The van der Waals surface area contributed by atoms with E-state index >= 15 is 0 Å². The molecule has 0 N–H and O–H groups in total. The molecule has 0 unspecified atom stereocenters. The highest BCUT2D eigenvalue weighted by atomic mass is 32.2. The van der Waals surface area contributed by atoms with Gasteiger partial charge >= 0.3 is 6.18 Å². The molecule has 1 aliphatic rings. The predicted octanol–water partition coefficient (Wildman–Crippen LogP) is 4.22. The van der Waals surface area contributed by atoms with E-state index in [2.05, 4.69) is 5.16 Å². The molecule has 26 heavy (non-hydrogen) atoms. The van der Waals surface area contributed by atoms with E-state index in [9.17, 15) is 21.6 Å². The van der Waals surface area contributed by atoms with Gasteiger partial charge in [0, 0.05) is 12.1 Å². The van der Waals surface area contributed by atoms with Crippen LogP contribution < -0.4 is 0 Å². The van der Waals surface area contributed by atoms with Gasteiger partial charge in [-0.2, -0.15) is 17.5 Å². The Bertz CT molecular complexity index is 898. The number of aryl methyl sites for hydroxylation is 2. The lowest BCUT2D eigenvalue weighted by molar-refractivity contribution is -0.137. The summed E-state index contributed by atoms with van der Waals surface area (Å²) in [7, 11) is -3.96. The second kappa shape index (κ2) is 6.38. The van der Waals surface area contributed by atoms with Gasteiger partial charge in [0.15, 0.2) is 5.76 Å². The van der Waals surface area contributed by atoms with Crippen LogP contribution in [0, 0.1) is 13.8 Å².